The molecule has 72 valence electrons. The maximum atomic E-state index is 8.80. The van der Waals surface area contributed by atoms with Gasteiger partial charge in [-0.05, 0) is 6.42 Å². The summed E-state index contributed by atoms with van der Waals surface area (Å²) >= 11 is 0. The molecule has 12 heavy (non-hydrogen) atoms. The monoisotopic (exact) mass is 176 g/mol. The predicted octanol–water partition coefficient (Wildman–Crippen LogP) is 0.494. The second-order valence-electron chi connectivity index (χ2n) is 2.83. The highest BCUT2D eigenvalue weighted by molar-refractivity contribution is 4.59. The van der Waals surface area contributed by atoms with Crippen LogP contribution in [0.2, 0.25) is 0 Å². The zero-order valence-electron chi connectivity index (χ0n) is 7.36. The van der Waals surface area contributed by atoms with Gasteiger partial charge in [0.2, 0.25) is 0 Å². The van der Waals surface area contributed by atoms with Crippen LogP contribution in [-0.4, -0.2) is 37.5 Å². The minimum atomic E-state index is -1.05. The number of hydrogen-bond acceptors (Lipinski definition) is 4. The molecule has 4 heteroatoms. The van der Waals surface area contributed by atoms with E-state index < -0.39 is 6.48 Å². The highest BCUT2D eigenvalue weighted by Crippen LogP contribution is 2.08. The molecule has 1 fully saturated rings. The molecule has 0 spiro atoms. The third-order valence-electron chi connectivity index (χ3n) is 1.68. The van der Waals surface area contributed by atoms with Crippen molar-refractivity contribution in [2.24, 2.45) is 0 Å². The van der Waals surface area contributed by atoms with Gasteiger partial charge in [0, 0.05) is 6.61 Å². The van der Waals surface area contributed by atoms with Crippen molar-refractivity contribution in [3.63, 3.8) is 0 Å². The lowest BCUT2D eigenvalue weighted by atomic mass is 10.3. The molecule has 1 aliphatic rings. The van der Waals surface area contributed by atoms with E-state index in [4.69, 9.17) is 19.3 Å². The summed E-state index contributed by atoms with van der Waals surface area (Å²) in [6.45, 7) is 2.75. The molecule has 0 aromatic carbocycles. The van der Waals surface area contributed by atoms with E-state index in [1.54, 1.807) is 0 Å². The molecule has 1 aliphatic heterocycles. The van der Waals surface area contributed by atoms with E-state index in [1.165, 1.54) is 0 Å². The van der Waals surface area contributed by atoms with Gasteiger partial charge in [0.05, 0.1) is 13.2 Å². The van der Waals surface area contributed by atoms with Crippen LogP contribution in [0.4, 0.5) is 0 Å². The highest BCUT2D eigenvalue weighted by atomic mass is 16.8. The van der Waals surface area contributed by atoms with Gasteiger partial charge in [0.15, 0.2) is 0 Å². The molecule has 0 radical (unpaired) electrons. The maximum absolute atomic E-state index is 8.80. The Morgan fingerprint density at radius 1 is 1.58 bits per heavy atom. The highest BCUT2D eigenvalue weighted by Gasteiger charge is 2.23. The molecule has 0 aliphatic carbocycles. The van der Waals surface area contributed by atoms with Gasteiger partial charge in [-0.15, -0.1) is 0 Å². The van der Waals surface area contributed by atoms with Crippen LogP contribution in [0.15, 0.2) is 0 Å². The van der Waals surface area contributed by atoms with Crippen molar-refractivity contribution < 1.29 is 19.3 Å². The molecule has 1 heterocycles. The Morgan fingerprint density at radius 3 is 3.00 bits per heavy atom. The number of ether oxygens (including phenoxy) is 3. The van der Waals surface area contributed by atoms with Crippen molar-refractivity contribution >= 4 is 0 Å². The minimum Gasteiger partial charge on any atom is -0.379 e. The van der Waals surface area contributed by atoms with Crippen molar-refractivity contribution in [3.8, 4) is 0 Å². The molecule has 0 amide bonds. The van der Waals surface area contributed by atoms with Gasteiger partial charge >= 0.3 is 0 Å². The summed E-state index contributed by atoms with van der Waals surface area (Å²) in [5.74, 6) is 0. The lowest BCUT2D eigenvalue weighted by Crippen LogP contribution is -2.19. The number of rotatable bonds is 5. The van der Waals surface area contributed by atoms with Crippen LogP contribution in [0.1, 0.15) is 19.8 Å². The fraction of sp³-hybridized carbons (Fsp3) is 1.00. The van der Waals surface area contributed by atoms with Crippen LogP contribution in [0, 0.1) is 0 Å². The van der Waals surface area contributed by atoms with Gasteiger partial charge in [-0.2, -0.15) is 0 Å². The van der Waals surface area contributed by atoms with E-state index in [2.05, 4.69) is 6.92 Å². The standard InChI is InChI=1S/C8H16O4/c1-2-3-4-10-5-7-6-11-8(9)12-7/h7-9H,2-6H2,1H3. The fourth-order valence-corrected chi connectivity index (χ4v) is 0.981. The predicted molar refractivity (Wildman–Crippen MR) is 42.6 cm³/mol. The Bertz CT molecular complexity index is 118. The van der Waals surface area contributed by atoms with Crippen LogP contribution >= 0.6 is 0 Å². The Labute approximate surface area is 72.4 Å². The first-order chi connectivity index (χ1) is 5.83. The summed E-state index contributed by atoms with van der Waals surface area (Å²) in [6.07, 6.45) is 2.10. The second-order valence-corrected chi connectivity index (χ2v) is 2.83. The molecular formula is C8H16O4. The number of hydrogen-bond donors (Lipinski definition) is 1. The van der Waals surface area contributed by atoms with Gasteiger partial charge in [0.1, 0.15) is 6.10 Å². The summed E-state index contributed by atoms with van der Waals surface area (Å²) in [5.41, 5.74) is 0. The first-order valence-corrected chi connectivity index (χ1v) is 4.35. The third kappa shape index (κ3) is 3.49. The van der Waals surface area contributed by atoms with E-state index in [-0.39, 0.29) is 6.10 Å². The number of unbranched alkanes of at least 4 members (excludes halogenated alkanes) is 1. The van der Waals surface area contributed by atoms with Gasteiger partial charge in [-0.1, -0.05) is 13.3 Å². The molecule has 4 nitrogen and oxygen atoms in total. The zero-order chi connectivity index (χ0) is 8.81. The molecule has 2 atom stereocenters. The third-order valence-corrected chi connectivity index (χ3v) is 1.68. The molecule has 1 N–H and O–H groups in total. The molecule has 1 rings (SSSR count). The average molecular weight is 176 g/mol. The summed E-state index contributed by atoms with van der Waals surface area (Å²) in [6, 6.07) is 0. The van der Waals surface area contributed by atoms with E-state index in [9.17, 15) is 0 Å². The first kappa shape index (κ1) is 9.92. The number of aliphatic hydroxyl groups excluding tert-OH is 1. The summed E-state index contributed by atoms with van der Waals surface area (Å²) < 4.78 is 15.0. The van der Waals surface area contributed by atoms with E-state index >= 15 is 0 Å². The SMILES string of the molecule is CCCCOCC1COC(O)O1. The first-order valence-electron chi connectivity index (χ1n) is 4.35. The molecule has 2 unspecified atom stereocenters. The molecule has 0 bridgehead atoms. The van der Waals surface area contributed by atoms with E-state index in [0.717, 1.165) is 19.4 Å². The van der Waals surface area contributed by atoms with Gasteiger partial charge in [-0.3, -0.25) is 0 Å². The van der Waals surface area contributed by atoms with Crippen molar-refractivity contribution in [3.05, 3.63) is 0 Å². The lowest BCUT2D eigenvalue weighted by Gasteiger charge is -2.07. The Morgan fingerprint density at radius 2 is 2.42 bits per heavy atom. The summed E-state index contributed by atoms with van der Waals surface area (Å²) in [5, 5.41) is 8.80. The van der Waals surface area contributed by atoms with Gasteiger partial charge < -0.3 is 19.3 Å². The summed E-state index contributed by atoms with van der Waals surface area (Å²) in [7, 11) is 0. The lowest BCUT2D eigenvalue weighted by molar-refractivity contribution is -0.207. The quantitative estimate of drug-likeness (QED) is 0.619. The van der Waals surface area contributed by atoms with Crippen molar-refractivity contribution in [2.45, 2.75) is 32.3 Å². The van der Waals surface area contributed by atoms with Crippen molar-refractivity contribution in [2.75, 3.05) is 19.8 Å². The maximum Gasteiger partial charge on any atom is 0.269 e. The van der Waals surface area contributed by atoms with Crippen molar-refractivity contribution in [1.82, 2.24) is 0 Å². The van der Waals surface area contributed by atoms with Crippen LogP contribution in [0.25, 0.3) is 0 Å². The van der Waals surface area contributed by atoms with Gasteiger partial charge in [0.25, 0.3) is 6.48 Å². The molecule has 0 saturated carbocycles. The second kappa shape index (κ2) is 5.48. The normalized spacial score (nSPS) is 29.5. The number of aliphatic hydroxyl groups is 1. The minimum absolute atomic E-state index is 0.100. The average Bonchev–Trinajstić information content (AvgIpc) is 2.45. The zero-order valence-corrected chi connectivity index (χ0v) is 7.36. The topological polar surface area (TPSA) is 47.9 Å². The largest absolute Gasteiger partial charge is 0.379 e. The van der Waals surface area contributed by atoms with Crippen LogP contribution in [-0.2, 0) is 14.2 Å². The van der Waals surface area contributed by atoms with Crippen LogP contribution in [0.3, 0.4) is 0 Å². The van der Waals surface area contributed by atoms with Crippen LogP contribution in [0.5, 0.6) is 0 Å². The van der Waals surface area contributed by atoms with E-state index in [0.29, 0.717) is 13.2 Å². The molecule has 0 aromatic heterocycles. The van der Waals surface area contributed by atoms with Crippen LogP contribution < -0.4 is 0 Å². The molecule has 1 saturated heterocycles. The Balaban J connectivity index is 1.93. The fourth-order valence-electron chi connectivity index (χ4n) is 0.981. The van der Waals surface area contributed by atoms with Gasteiger partial charge in [-0.25, -0.2) is 0 Å². The molecule has 0 aromatic rings. The smallest absolute Gasteiger partial charge is 0.269 e. The Kier molecular flexibility index (Phi) is 4.53. The van der Waals surface area contributed by atoms with E-state index in [1.807, 2.05) is 0 Å². The Hall–Kier alpha value is -0.160. The molecular weight excluding hydrogens is 160 g/mol. The summed E-state index contributed by atoms with van der Waals surface area (Å²) in [4.78, 5) is 0. The van der Waals surface area contributed by atoms with Crippen molar-refractivity contribution in [1.29, 1.82) is 0 Å².